The van der Waals surface area contributed by atoms with Crippen molar-refractivity contribution in [3.05, 3.63) is 48.6 Å². The second-order valence-electron chi connectivity index (χ2n) is 4.11. The number of amides is 1. The second kappa shape index (κ2) is 6.86. The Bertz CT molecular complexity index is 360. The summed E-state index contributed by atoms with van der Waals surface area (Å²) in [6.07, 6.45) is 1.62. The molecule has 3 heteroatoms. The van der Waals surface area contributed by atoms with Gasteiger partial charge >= 0.3 is 0 Å². The van der Waals surface area contributed by atoms with Crippen LogP contribution in [0.2, 0.25) is 0 Å². The molecular weight excluding hydrogens is 214 g/mol. The maximum absolute atomic E-state index is 11.6. The molecule has 0 aliphatic heterocycles. The summed E-state index contributed by atoms with van der Waals surface area (Å²) in [6.45, 7) is 5.69. The first-order chi connectivity index (χ1) is 8.13. The quantitative estimate of drug-likeness (QED) is 0.737. The molecule has 0 bridgehead atoms. The summed E-state index contributed by atoms with van der Waals surface area (Å²) in [5.41, 5.74) is 1.08. The Morgan fingerprint density at radius 1 is 1.47 bits per heavy atom. The largest absolute Gasteiger partial charge is 0.392 e. The van der Waals surface area contributed by atoms with Gasteiger partial charge in [0.05, 0.1) is 6.10 Å². The molecule has 0 spiro atoms. The minimum Gasteiger partial charge on any atom is -0.392 e. The number of allylic oxidation sites excluding steroid dienone is 1. The van der Waals surface area contributed by atoms with Gasteiger partial charge in [-0.2, -0.15) is 0 Å². The van der Waals surface area contributed by atoms with Crippen LogP contribution in [0.15, 0.2) is 43.0 Å². The fourth-order valence-corrected chi connectivity index (χ4v) is 1.57. The third-order valence-corrected chi connectivity index (χ3v) is 2.51. The van der Waals surface area contributed by atoms with E-state index in [1.165, 1.54) is 0 Å². The highest BCUT2D eigenvalue weighted by Crippen LogP contribution is 2.20. The van der Waals surface area contributed by atoms with Gasteiger partial charge < -0.3 is 10.4 Å². The van der Waals surface area contributed by atoms with Crippen LogP contribution in [0.25, 0.3) is 0 Å². The van der Waals surface area contributed by atoms with Gasteiger partial charge in [-0.05, 0) is 12.5 Å². The summed E-state index contributed by atoms with van der Waals surface area (Å²) >= 11 is 0. The van der Waals surface area contributed by atoms with Crippen LogP contribution in [0, 0.1) is 0 Å². The maximum Gasteiger partial charge on any atom is 0.221 e. The van der Waals surface area contributed by atoms with E-state index < -0.39 is 6.10 Å². The van der Waals surface area contributed by atoms with Crippen molar-refractivity contribution >= 4 is 5.91 Å². The second-order valence-corrected chi connectivity index (χ2v) is 4.11. The highest BCUT2D eigenvalue weighted by molar-refractivity contribution is 5.77. The van der Waals surface area contributed by atoms with E-state index in [2.05, 4.69) is 11.9 Å². The summed E-state index contributed by atoms with van der Waals surface area (Å²) in [5.74, 6) is -0.0511. The van der Waals surface area contributed by atoms with E-state index in [9.17, 15) is 4.79 Å². The average molecular weight is 233 g/mol. The molecule has 0 aliphatic carbocycles. The molecule has 2 N–H and O–H groups in total. The van der Waals surface area contributed by atoms with E-state index in [0.29, 0.717) is 6.42 Å². The molecule has 0 saturated heterocycles. The number of hydrogen-bond donors (Lipinski definition) is 2. The monoisotopic (exact) mass is 233 g/mol. The predicted octanol–water partition coefficient (Wildman–Crippen LogP) is 1.84. The van der Waals surface area contributed by atoms with E-state index in [0.717, 1.165) is 5.56 Å². The van der Waals surface area contributed by atoms with Crippen molar-refractivity contribution in [1.82, 2.24) is 5.32 Å². The van der Waals surface area contributed by atoms with Crippen molar-refractivity contribution in [2.75, 3.05) is 6.54 Å². The van der Waals surface area contributed by atoms with Crippen LogP contribution in [-0.2, 0) is 4.79 Å². The van der Waals surface area contributed by atoms with E-state index in [-0.39, 0.29) is 18.4 Å². The zero-order valence-corrected chi connectivity index (χ0v) is 10.1. The smallest absolute Gasteiger partial charge is 0.221 e. The Morgan fingerprint density at radius 2 is 2.12 bits per heavy atom. The normalized spacial score (nSPS) is 13.8. The van der Waals surface area contributed by atoms with Gasteiger partial charge in [-0.3, -0.25) is 4.79 Å². The number of nitrogens with one attached hydrogen (secondary N) is 1. The fourth-order valence-electron chi connectivity index (χ4n) is 1.57. The minimum atomic E-state index is -0.516. The first kappa shape index (κ1) is 13.5. The molecule has 1 rings (SSSR count). The predicted molar refractivity (Wildman–Crippen MR) is 68.7 cm³/mol. The van der Waals surface area contributed by atoms with Gasteiger partial charge in [-0.1, -0.05) is 36.4 Å². The SMILES string of the molecule is C=CC(CC(=O)NCC(C)O)c1ccccc1. The number of carbonyl (C=O) groups is 1. The Labute approximate surface area is 102 Å². The standard InChI is InChI=1S/C14H19NO2/c1-3-12(13-7-5-4-6-8-13)9-14(17)15-10-11(2)16/h3-8,11-12,16H,1,9-10H2,2H3,(H,15,17). The number of aliphatic hydroxyl groups excluding tert-OH is 1. The van der Waals surface area contributed by atoms with Crippen LogP contribution < -0.4 is 5.32 Å². The molecule has 1 aromatic carbocycles. The highest BCUT2D eigenvalue weighted by Gasteiger charge is 2.12. The number of carbonyl (C=O) groups excluding carboxylic acids is 1. The van der Waals surface area contributed by atoms with E-state index in [4.69, 9.17) is 5.11 Å². The van der Waals surface area contributed by atoms with Crippen molar-refractivity contribution in [3.8, 4) is 0 Å². The zero-order chi connectivity index (χ0) is 12.7. The fraction of sp³-hybridized carbons (Fsp3) is 0.357. The van der Waals surface area contributed by atoms with Crippen molar-refractivity contribution < 1.29 is 9.90 Å². The summed E-state index contributed by atoms with van der Waals surface area (Å²) in [7, 11) is 0. The molecule has 0 fully saturated rings. The lowest BCUT2D eigenvalue weighted by molar-refractivity contribution is -0.121. The van der Waals surface area contributed by atoms with Gasteiger partial charge in [-0.15, -0.1) is 6.58 Å². The summed E-state index contributed by atoms with van der Waals surface area (Å²) in [4.78, 5) is 11.6. The van der Waals surface area contributed by atoms with Crippen molar-refractivity contribution in [2.24, 2.45) is 0 Å². The number of benzene rings is 1. The molecule has 0 saturated carbocycles. The van der Waals surface area contributed by atoms with Gasteiger partial charge in [0.25, 0.3) is 0 Å². The highest BCUT2D eigenvalue weighted by atomic mass is 16.3. The van der Waals surface area contributed by atoms with E-state index >= 15 is 0 Å². The Balaban J connectivity index is 2.53. The Hall–Kier alpha value is -1.61. The lowest BCUT2D eigenvalue weighted by atomic mass is 9.95. The third-order valence-electron chi connectivity index (χ3n) is 2.51. The average Bonchev–Trinajstić information content (AvgIpc) is 2.34. The van der Waals surface area contributed by atoms with Crippen LogP contribution in [0.3, 0.4) is 0 Å². The van der Waals surface area contributed by atoms with E-state index in [1.807, 2.05) is 30.3 Å². The molecule has 2 unspecified atom stereocenters. The molecule has 17 heavy (non-hydrogen) atoms. The molecular formula is C14H19NO2. The molecule has 2 atom stereocenters. The van der Waals surface area contributed by atoms with Crippen LogP contribution in [-0.4, -0.2) is 23.7 Å². The maximum atomic E-state index is 11.6. The Kier molecular flexibility index (Phi) is 5.43. The van der Waals surface area contributed by atoms with Gasteiger partial charge in [0.15, 0.2) is 0 Å². The van der Waals surface area contributed by atoms with Crippen LogP contribution in [0.5, 0.6) is 0 Å². The summed E-state index contributed by atoms with van der Waals surface area (Å²) in [5, 5.41) is 11.8. The molecule has 1 aromatic rings. The summed E-state index contributed by atoms with van der Waals surface area (Å²) in [6, 6.07) is 9.79. The number of aliphatic hydroxyl groups is 1. The topological polar surface area (TPSA) is 49.3 Å². The van der Waals surface area contributed by atoms with Crippen molar-refractivity contribution in [2.45, 2.75) is 25.4 Å². The Morgan fingerprint density at radius 3 is 2.65 bits per heavy atom. The first-order valence-electron chi connectivity index (χ1n) is 5.75. The number of hydrogen-bond acceptors (Lipinski definition) is 2. The number of rotatable bonds is 6. The minimum absolute atomic E-state index is 0.0187. The van der Waals surface area contributed by atoms with Gasteiger partial charge in [0.1, 0.15) is 0 Å². The van der Waals surface area contributed by atoms with Crippen LogP contribution in [0.1, 0.15) is 24.8 Å². The molecule has 0 radical (unpaired) electrons. The third kappa shape index (κ3) is 4.83. The van der Waals surface area contributed by atoms with Crippen molar-refractivity contribution in [1.29, 1.82) is 0 Å². The van der Waals surface area contributed by atoms with E-state index in [1.54, 1.807) is 13.0 Å². The molecule has 0 aliphatic rings. The molecule has 1 amide bonds. The van der Waals surface area contributed by atoms with Crippen LogP contribution in [0.4, 0.5) is 0 Å². The first-order valence-corrected chi connectivity index (χ1v) is 5.75. The van der Waals surface area contributed by atoms with Crippen molar-refractivity contribution in [3.63, 3.8) is 0 Å². The van der Waals surface area contributed by atoms with Gasteiger partial charge in [-0.25, -0.2) is 0 Å². The van der Waals surface area contributed by atoms with Crippen LogP contribution >= 0.6 is 0 Å². The molecule has 3 nitrogen and oxygen atoms in total. The van der Waals surface area contributed by atoms with Gasteiger partial charge in [0.2, 0.25) is 5.91 Å². The van der Waals surface area contributed by atoms with Gasteiger partial charge in [0, 0.05) is 18.9 Å². The molecule has 92 valence electrons. The molecule has 0 aromatic heterocycles. The molecule has 0 heterocycles. The lowest BCUT2D eigenvalue weighted by Gasteiger charge is -2.13. The zero-order valence-electron chi connectivity index (χ0n) is 10.1. The lowest BCUT2D eigenvalue weighted by Crippen LogP contribution is -2.31. The summed E-state index contributed by atoms with van der Waals surface area (Å²) < 4.78 is 0.